The van der Waals surface area contributed by atoms with Crippen LogP contribution in [0.1, 0.15) is 11.6 Å². The summed E-state index contributed by atoms with van der Waals surface area (Å²) in [5, 5.41) is 13.3. The van der Waals surface area contributed by atoms with Gasteiger partial charge < -0.3 is 10.4 Å². The summed E-state index contributed by atoms with van der Waals surface area (Å²) in [6, 6.07) is 2.99. The highest BCUT2D eigenvalue weighted by molar-refractivity contribution is 6.44. The van der Waals surface area contributed by atoms with Gasteiger partial charge in [0.25, 0.3) is 0 Å². The van der Waals surface area contributed by atoms with Crippen molar-refractivity contribution >= 4 is 34.8 Å². The standard InChI is InChI=1S/C9H10Cl3NO/c1-13-7(4-14)8-5(10)2-3-6(11)9(8)12/h2-3,7,13-14H,4H2,1H3. The first-order chi connectivity index (χ1) is 6.61. The van der Waals surface area contributed by atoms with E-state index in [-0.39, 0.29) is 12.6 Å². The van der Waals surface area contributed by atoms with Gasteiger partial charge in [0.2, 0.25) is 0 Å². The van der Waals surface area contributed by atoms with Gasteiger partial charge in [-0.2, -0.15) is 0 Å². The number of nitrogens with one attached hydrogen (secondary N) is 1. The maximum atomic E-state index is 9.10. The van der Waals surface area contributed by atoms with Gasteiger partial charge >= 0.3 is 0 Å². The van der Waals surface area contributed by atoms with Crippen molar-refractivity contribution in [2.75, 3.05) is 13.7 Å². The van der Waals surface area contributed by atoms with Crippen LogP contribution in [-0.4, -0.2) is 18.8 Å². The highest BCUT2D eigenvalue weighted by atomic mass is 35.5. The molecule has 0 aromatic heterocycles. The van der Waals surface area contributed by atoms with Gasteiger partial charge in [0.15, 0.2) is 0 Å². The second-order valence-electron chi connectivity index (χ2n) is 2.78. The first-order valence-corrected chi connectivity index (χ1v) is 5.16. The number of rotatable bonds is 3. The van der Waals surface area contributed by atoms with E-state index in [1.807, 2.05) is 0 Å². The first-order valence-electron chi connectivity index (χ1n) is 4.03. The van der Waals surface area contributed by atoms with E-state index in [0.29, 0.717) is 20.6 Å². The molecule has 0 amide bonds. The van der Waals surface area contributed by atoms with Crippen molar-refractivity contribution in [1.29, 1.82) is 0 Å². The van der Waals surface area contributed by atoms with Gasteiger partial charge in [-0.25, -0.2) is 0 Å². The van der Waals surface area contributed by atoms with Crippen LogP contribution in [0.15, 0.2) is 12.1 Å². The topological polar surface area (TPSA) is 32.3 Å². The van der Waals surface area contributed by atoms with Crippen molar-refractivity contribution < 1.29 is 5.11 Å². The molecule has 0 fully saturated rings. The molecule has 2 N–H and O–H groups in total. The van der Waals surface area contributed by atoms with Crippen molar-refractivity contribution in [3.8, 4) is 0 Å². The van der Waals surface area contributed by atoms with Crippen LogP contribution in [0.25, 0.3) is 0 Å². The molecule has 0 bridgehead atoms. The van der Waals surface area contributed by atoms with Crippen molar-refractivity contribution in [3.05, 3.63) is 32.8 Å². The molecule has 0 aliphatic heterocycles. The number of aliphatic hydroxyl groups is 1. The van der Waals surface area contributed by atoms with E-state index in [4.69, 9.17) is 39.9 Å². The summed E-state index contributed by atoms with van der Waals surface area (Å²) in [5.41, 5.74) is 0.630. The van der Waals surface area contributed by atoms with Crippen molar-refractivity contribution in [1.82, 2.24) is 5.32 Å². The highest BCUT2D eigenvalue weighted by Gasteiger charge is 2.17. The predicted octanol–water partition coefficient (Wildman–Crippen LogP) is 2.90. The molecule has 5 heteroatoms. The van der Waals surface area contributed by atoms with E-state index >= 15 is 0 Å². The van der Waals surface area contributed by atoms with Crippen LogP contribution in [0.3, 0.4) is 0 Å². The third kappa shape index (κ3) is 2.33. The molecule has 0 aliphatic rings. The minimum Gasteiger partial charge on any atom is -0.394 e. The summed E-state index contributed by atoms with van der Waals surface area (Å²) in [6.45, 7) is -0.0870. The number of benzene rings is 1. The number of aliphatic hydroxyl groups excluding tert-OH is 1. The normalized spacial score (nSPS) is 12.9. The van der Waals surface area contributed by atoms with E-state index in [2.05, 4.69) is 5.32 Å². The lowest BCUT2D eigenvalue weighted by Gasteiger charge is -2.17. The van der Waals surface area contributed by atoms with Gasteiger partial charge in [-0.1, -0.05) is 34.8 Å². The molecule has 0 aliphatic carbocycles. The number of hydrogen-bond acceptors (Lipinski definition) is 2. The van der Waals surface area contributed by atoms with Crippen molar-refractivity contribution in [2.45, 2.75) is 6.04 Å². The summed E-state index contributed by atoms with van der Waals surface area (Å²) in [4.78, 5) is 0. The minimum absolute atomic E-state index is 0.0870. The molecule has 0 saturated carbocycles. The van der Waals surface area contributed by atoms with Crippen LogP contribution >= 0.6 is 34.8 Å². The zero-order valence-electron chi connectivity index (χ0n) is 7.52. The molecule has 1 aromatic carbocycles. The maximum absolute atomic E-state index is 9.10. The molecule has 2 nitrogen and oxygen atoms in total. The summed E-state index contributed by atoms with van der Waals surface area (Å²) >= 11 is 17.8. The quantitative estimate of drug-likeness (QED) is 0.813. The minimum atomic E-state index is -0.298. The monoisotopic (exact) mass is 253 g/mol. The predicted molar refractivity (Wildman–Crippen MR) is 60.4 cm³/mol. The Kier molecular flexibility index (Phi) is 4.48. The first kappa shape index (κ1) is 12.1. The SMILES string of the molecule is CNC(CO)c1c(Cl)ccc(Cl)c1Cl. The molecule has 0 saturated heterocycles. The Morgan fingerprint density at radius 1 is 1.29 bits per heavy atom. The van der Waals surface area contributed by atoms with Crippen LogP contribution < -0.4 is 5.32 Å². The Bertz CT molecular complexity index is 326. The molecule has 1 atom stereocenters. The van der Waals surface area contributed by atoms with Crippen LogP contribution in [0.5, 0.6) is 0 Å². The molecule has 1 unspecified atom stereocenters. The fourth-order valence-corrected chi connectivity index (χ4v) is 1.99. The van der Waals surface area contributed by atoms with Crippen molar-refractivity contribution in [3.63, 3.8) is 0 Å². The molecule has 14 heavy (non-hydrogen) atoms. The second kappa shape index (κ2) is 5.19. The van der Waals surface area contributed by atoms with E-state index in [1.165, 1.54) is 0 Å². The Hall–Kier alpha value is 0.01000. The maximum Gasteiger partial charge on any atom is 0.0655 e. The van der Waals surface area contributed by atoms with Crippen LogP contribution in [0.4, 0.5) is 0 Å². The zero-order chi connectivity index (χ0) is 10.7. The third-order valence-corrected chi connectivity index (χ3v) is 3.11. The Labute approximate surface area is 97.8 Å². The fraction of sp³-hybridized carbons (Fsp3) is 0.333. The van der Waals surface area contributed by atoms with E-state index in [1.54, 1.807) is 19.2 Å². The van der Waals surface area contributed by atoms with Crippen LogP contribution in [0.2, 0.25) is 15.1 Å². The molecule has 1 rings (SSSR count). The fourth-order valence-electron chi connectivity index (χ4n) is 1.19. The molecule has 0 radical (unpaired) electrons. The lowest BCUT2D eigenvalue weighted by atomic mass is 10.1. The van der Waals surface area contributed by atoms with Gasteiger partial charge in [-0.05, 0) is 19.2 Å². The third-order valence-electron chi connectivity index (χ3n) is 1.96. The van der Waals surface area contributed by atoms with E-state index in [9.17, 15) is 0 Å². The smallest absolute Gasteiger partial charge is 0.0655 e. The zero-order valence-corrected chi connectivity index (χ0v) is 9.79. The van der Waals surface area contributed by atoms with Gasteiger partial charge in [0.1, 0.15) is 0 Å². The lowest BCUT2D eigenvalue weighted by molar-refractivity contribution is 0.251. The molecule has 0 spiro atoms. The summed E-state index contributed by atoms with van der Waals surface area (Å²) < 4.78 is 0. The van der Waals surface area contributed by atoms with Gasteiger partial charge in [0, 0.05) is 10.6 Å². The van der Waals surface area contributed by atoms with Crippen LogP contribution in [0, 0.1) is 0 Å². The molecular formula is C9H10Cl3NO. The van der Waals surface area contributed by atoms with E-state index in [0.717, 1.165) is 0 Å². The number of halogens is 3. The highest BCUT2D eigenvalue weighted by Crippen LogP contribution is 2.35. The largest absolute Gasteiger partial charge is 0.394 e. The van der Waals surface area contributed by atoms with Gasteiger partial charge in [0.05, 0.1) is 22.7 Å². The summed E-state index contributed by atoms with van der Waals surface area (Å²) in [7, 11) is 1.72. The summed E-state index contributed by atoms with van der Waals surface area (Å²) in [6.07, 6.45) is 0. The van der Waals surface area contributed by atoms with E-state index < -0.39 is 0 Å². The Balaban J connectivity index is 3.23. The second-order valence-corrected chi connectivity index (χ2v) is 3.97. The molecule has 1 aromatic rings. The van der Waals surface area contributed by atoms with Gasteiger partial charge in [-0.3, -0.25) is 0 Å². The number of likely N-dealkylation sites (N-methyl/N-ethyl adjacent to an activating group) is 1. The lowest BCUT2D eigenvalue weighted by Crippen LogP contribution is -2.20. The summed E-state index contributed by atoms with van der Waals surface area (Å²) in [5.74, 6) is 0. The van der Waals surface area contributed by atoms with Gasteiger partial charge in [-0.15, -0.1) is 0 Å². The Morgan fingerprint density at radius 3 is 2.36 bits per heavy atom. The molecule has 0 heterocycles. The average molecular weight is 255 g/mol. The average Bonchev–Trinajstić information content (AvgIpc) is 2.19. The number of hydrogen-bond donors (Lipinski definition) is 2. The molecule has 78 valence electrons. The van der Waals surface area contributed by atoms with Crippen LogP contribution in [-0.2, 0) is 0 Å². The molecular weight excluding hydrogens is 244 g/mol. The van der Waals surface area contributed by atoms with Crippen molar-refractivity contribution in [2.24, 2.45) is 0 Å². The Morgan fingerprint density at radius 2 is 1.86 bits per heavy atom.